The molecule has 0 radical (unpaired) electrons. The van der Waals surface area contributed by atoms with Crippen LogP contribution in [0.3, 0.4) is 0 Å². The average molecular weight is 308 g/mol. The first kappa shape index (κ1) is 14.9. The van der Waals surface area contributed by atoms with E-state index < -0.39 is 10.0 Å². The molecule has 2 aliphatic rings. The molecule has 1 aromatic carbocycles. The van der Waals surface area contributed by atoms with Gasteiger partial charge in [-0.05, 0) is 42.4 Å². The zero-order chi connectivity index (χ0) is 14.9. The fraction of sp³-hybridized carbons (Fsp3) is 0.625. The van der Waals surface area contributed by atoms with E-state index in [1.165, 1.54) is 25.7 Å². The molecule has 3 rings (SSSR count). The molecule has 2 N–H and O–H groups in total. The van der Waals surface area contributed by atoms with Gasteiger partial charge in [0.15, 0.2) is 0 Å². The van der Waals surface area contributed by atoms with Gasteiger partial charge in [0.05, 0.1) is 5.75 Å². The summed E-state index contributed by atoms with van der Waals surface area (Å²) in [5.74, 6) is 1.38. The Morgan fingerprint density at radius 2 is 1.90 bits per heavy atom. The molecule has 1 aromatic rings. The highest BCUT2D eigenvalue weighted by atomic mass is 32.2. The van der Waals surface area contributed by atoms with Crippen molar-refractivity contribution in [2.24, 2.45) is 11.8 Å². The van der Waals surface area contributed by atoms with E-state index in [0.717, 1.165) is 24.4 Å². The van der Waals surface area contributed by atoms with Crippen LogP contribution < -0.4 is 5.73 Å². The van der Waals surface area contributed by atoms with Gasteiger partial charge in [-0.2, -0.15) is 0 Å². The molecule has 1 saturated heterocycles. The van der Waals surface area contributed by atoms with Crippen LogP contribution in [0.15, 0.2) is 24.3 Å². The van der Waals surface area contributed by atoms with Crippen molar-refractivity contribution >= 4 is 15.7 Å². The highest BCUT2D eigenvalue weighted by molar-refractivity contribution is 7.88. The zero-order valence-corrected chi connectivity index (χ0v) is 13.2. The number of sulfonamides is 1. The van der Waals surface area contributed by atoms with Gasteiger partial charge >= 0.3 is 0 Å². The number of piperidine rings is 1. The number of hydrogen-bond acceptors (Lipinski definition) is 3. The predicted molar refractivity (Wildman–Crippen MR) is 85.1 cm³/mol. The summed E-state index contributed by atoms with van der Waals surface area (Å²) in [7, 11) is -3.23. The SMILES string of the molecule is Nc1cccc(CS(=O)(=O)N2CCC3CCCCC3C2)c1. The molecule has 2 fully saturated rings. The van der Waals surface area contributed by atoms with Gasteiger partial charge in [0.1, 0.15) is 0 Å². The average Bonchev–Trinajstić information content (AvgIpc) is 2.46. The summed E-state index contributed by atoms with van der Waals surface area (Å²) in [4.78, 5) is 0. The molecule has 0 spiro atoms. The summed E-state index contributed by atoms with van der Waals surface area (Å²) < 4.78 is 27.0. The summed E-state index contributed by atoms with van der Waals surface area (Å²) in [6, 6.07) is 7.18. The highest BCUT2D eigenvalue weighted by Crippen LogP contribution is 2.37. The van der Waals surface area contributed by atoms with E-state index in [1.807, 2.05) is 12.1 Å². The zero-order valence-electron chi connectivity index (χ0n) is 12.4. The van der Waals surface area contributed by atoms with Crippen molar-refractivity contribution in [1.29, 1.82) is 0 Å². The number of rotatable bonds is 3. The van der Waals surface area contributed by atoms with Gasteiger partial charge in [0.2, 0.25) is 10.0 Å². The lowest BCUT2D eigenvalue weighted by Crippen LogP contribution is -2.45. The maximum Gasteiger partial charge on any atom is 0.218 e. The Balaban J connectivity index is 1.70. The lowest BCUT2D eigenvalue weighted by atomic mass is 9.76. The van der Waals surface area contributed by atoms with E-state index in [2.05, 4.69) is 0 Å². The number of benzene rings is 1. The molecule has 1 aliphatic carbocycles. The Labute approximate surface area is 127 Å². The van der Waals surface area contributed by atoms with E-state index in [0.29, 0.717) is 18.2 Å². The Hall–Kier alpha value is -1.07. The standard InChI is InChI=1S/C16H24N2O2S/c17-16-7-3-4-13(10-16)12-21(19,20)18-9-8-14-5-1-2-6-15(14)11-18/h3-4,7,10,14-15H,1-2,5-6,8-9,11-12,17H2. The molecule has 0 aromatic heterocycles. The number of hydrogen-bond donors (Lipinski definition) is 1. The van der Waals surface area contributed by atoms with E-state index >= 15 is 0 Å². The molecule has 5 heteroatoms. The van der Waals surface area contributed by atoms with E-state index in [1.54, 1.807) is 16.4 Å². The van der Waals surface area contributed by atoms with Crippen molar-refractivity contribution in [3.63, 3.8) is 0 Å². The molecule has 1 heterocycles. The van der Waals surface area contributed by atoms with Gasteiger partial charge < -0.3 is 5.73 Å². The second-order valence-corrected chi connectivity index (χ2v) is 8.42. The normalized spacial score (nSPS) is 27.2. The number of anilines is 1. The maximum atomic E-state index is 12.6. The monoisotopic (exact) mass is 308 g/mol. The molecule has 2 atom stereocenters. The topological polar surface area (TPSA) is 63.4 Å². The first-order chi connectivity index (χ1) is 10.0. The van der Waals surface area contributed by atoms with Crippen molar-refractivity contribution in [1.82, 2.24) is 4.31 Å². The van der Waals surface area contributed by atoms with Crippen molar-refractivity contribution < 1.29 is 8.42 Å². The summed E-state index contributed by atoms with van der Waals surface area (Å²) in [6.45, 7) is 1.40. The Kier molecular flexibility index (Phi) is 4.22. The predicted octanol–water partition coefficient (Wildman–Crippen LogP) is 2.61. The highest BCUT2D eigenvalue weighted by Gasteiger charge is 2.35. The first-order valence-electron chi connectivity index (χ1n) is 7.87. The Bertz CT molecular complexity index is 600. The fourth-order valence-corrected chi connectivity index (χ4v) is 5.39. The number of nitrogens with zero attached hydrogens (tertiary/aromatic N) is 1. The van der Waals surface area contributed by atoms with Crippen LogP contribution >= 0.6 is 0 Å². The number of nitrogens with two attached hydrogens (primary N) is 1. The Morgan fingerprint density at radius 1 is 1.14 bits per heavy atom. The van der Waals surface area contributed by atoms with Crippen LogP contribution in [0.4, 0.5) is 5.69 Å². The van der Waals surface area contributed by atoms with Gasteiger partial charge in [0.25, 0.3) is 0 Å². The molecule has 116 valence electrons. The minimum absolute atomic E-state index is 0.0649. The first-order valence-corrected chi connectivity index (χ1v) is 9.48. The molecule has 1 saturated carbocycles. The van der Waals surface area contributed by atoms with Crippen molar-refractivity contribution in [2.75, 3.05) is 18.8 Å². The summed E-state index contributed by atoms with van der Waals surface area (Å²) in [5, 5.41) is 0. The van der Waals surface area contributed by atoms with Gasteiger partial charge in [-0.3, -0.25) is 0 Å². The lowest BCUT2D eigenvalue weighted by molar-refractivity contribution is 0.136. The van der Waals surface area contributed by atoms with Crippen molar-refractivity contribution in [3.05, 3.63) is 29.8 Å². The fourth-order valence-electron chi connectivity index (χ4n) is 3.80. The third-order valence-electron chi connectivity index (χ3n) is 4.95. The third-order valence-corrected chi connectivity index (χ3v) is 6.76. The smallest absolute Gasteiger partial charge is 0.218 e. The second kappa shape index (κ2) is 5.97. The number of fused-ring (bicyclic) bond motifs is 1. The second-order valence-electron chi connectivity index (χ2n) is 6.45. The van der Waals surface area contributed by atoms with Crippen LogP contribution in [0.2, 0.25) is 0 Å². The molecule has 4 nitrogen and oxygen atoms in total. The molecule has 1 aliphatic heterocycles. The molecule has 0 bridgehead atoms. The maximum absolute atomic E-state index is 12.6. The van der Waals surface area contributed by atoms with Crippen LogP contribution in [0.1, 0.15) is 37.7 Å². The van der Waals surface area contributed by atoms with Crippen LogP contribution in [-0.2, 0) is 15.8 Å². The van der Waals surface area contributed by atoms with E-state index in [-0.39, 0.29) is 5.75 Å². The van der Waals surface area contributed by atoms with Crippen LogP contribution in [0.25, 0.3) is 0 Å². The summed E-state index contributed by atoms with van der Waals surface area (Å²) >= 11 is 0. The van der Waals surface area contributed by atoms with E-state index in [9.17, 15) is 8.42 Å². The molecular weight excluding hydrogens is 284 g/mol. The van der Waals surface area contributed by atoms with Gasteiger partial charge in [-0.1, -0.05) is 31.4 Å². The van der Waals surface area contributed by atoms with Crippen LogP contribution in [-0.4, -0.2) is 25.8 Å². The minimum Gasteiger partial charge on any atom is -0.399 e. The molecular formula is C16H24N2O2S. The molecule has 21 heavy (non-hydrogen) atoms. The third kappa shape index (κ3) is 3.40. The van der Waals surface area contributed by atoms with Crippen LogP contribution in [0, 0.1) is 11.8 Å². The van der Waals surface area contributed by atoms with Gasteiger partial charge in [-0.15, -0.1) is 0 Å². The minimum atomic E-state index is -3.23. The largest absolute Gasteiger partial charge is 0.399 e. The summed E-state index contributed by atoms with van der Waals surface area (Å²) in [5.41, 5.74) is 7.13. The van der Waals surface area contributed by atoms with Gasteiger partial charge in [0, 0.05) is 18.8 Å². The molecule has 2 unspecified atom stereocenters. The lowest BCUT2D eigenvalue weighted by Gasteiger charge is -2.40. The molecule has 0 amide bonds. The van der Waals surface area contributed by atoms with Crippen LogP contribution in [0.5, 0.6) is 0 Å². The quantitative estimate of drug-likeness (QED) is 0.873. The van der Waals surface area contributed by atoms with E-state index in [4.69, 9.17) is 5.73 Å². The van der Waals surface area contributed by atoms with Crippen molar-refractivity contribution in [3.8, 4) is 0 Å². The number of nitrogen functional groups attached to an aromatic ring is 1. The Morgan fingerprint density at radius 3 is 2.67 bits per heavy atom. The summed E-state index contributed by atoms with van der Waals surface area (Å²) in [6.07, 6.45) is 6.07. The van der Waals surface area contributed by atoms with Crippen molar-refractivity contribution in [2.45, 2.75) is 37.9 Å². The van der Waals surface area contributed by atoms with Gasteiger partial charge in [-0.25, -0.2) is 12.7 Å².